The van der Waals surface area contributed by atoms with Gasteiger partial charge in [-0.1, -0.05) is 6.92 Å². The fourth-order valence-electron chi connectivity index (χ4n) is 3.26. The van der Waals surface area contributed by atoms with Crippen LogP contribution in [0.15, 0.2) is 22.8 Å². The number of ether oxygens (including phenoxy) is 1. The maximum Gasteiger partial charge on any atom is 0.341 e. The monoisotopic (exact) mass is 421 g/mol. The van der Waals surface area contributed by atoms with Crippen LogP contribution in [0.5, 0.6) is 0 Å². The van der Waals surface area contributed by atoms with Crippen LogP contribution >= 0.6 is 23.6 Å². The lowest BCUT2D eigenvalue weighted by molar-refractivity contribution is 0.0600. The highest BCUT2D eigenvalue weighted by Gasteiger charge is 2.27. The largest absolute Gasteiger partial charge is 0.465 e. The number of carbonyl (C=O) groups excluding carboxylic acids is 2. The van der Waals surface area contributed by atoms with Gasteiger partial charge in [-0.3, -0.25) is 4.79 Å². The second-order valence-electron chi connectivity index (χ2n) is 6.37. The second kappa shape index (κ2) is 8.74. The molecule has 0 radical (unpaired) electrons. The molecule has 0 aliphatic carbocycles. The van der Waals surface area contributed by atoms with Gasteiger partial charge in [0.2, 0.25) is 0 Å². The summed E-state index contributed by atoms with van der Waals surface area (Å²) in [4.78, 5) is 29.4. The van der Waals surface area contributed by atoms with Crippen molar-refractivity contribution in [3.05, 3.63) is 40.2 Å². The highest BCUT2D eigenvalue weighted by Crippen LogP contribution is 2.34. The number of anilines is 1. The van der Waals surface area contributed by atoms with Gasteiger partial charge in [-0.15, -0.1) is 11.3 Å². The van der Waals surface area contributed by atoms with Crippen LogP contribution in [0.1, 0.15) is 38.3 Å². The number of methoxy groups -OCH3 is 1. The first-order valence-corrected chi connectivity index (χ1v) is 10.3. The van der Waals surface area contributed by atoms with Crippen LogP contribution in [0.2, 0.25) is 0 Å². The Morgan fingerprint density at radius 1 is 1.29 bits per heavy atom. The smallest absolute Gasteiger partial charge is 0.341 e. The Kier molecular flexibility index (Phi) is 6.35. The summed E-state index contributed by atoms with van der Waals surface area (Å²) in [7, 11) is 1.38. The number of amides is 1. The number of furan rings is 1. The molecule has 2 aromatic rings. The van der Waals surface area contributed by atoms with Gasteiger partial charge < -0.3 is 24.3 Å². The lowest BCUT2D eigenvalue weighted by atomic mass is 10.1. The number of nitrogens with one attached hydrogen (secondary N) is 1. The predicted molar refractivity (Wildman–Crippen MR) is 112 cm³/mol. The van der Waals surface area contributed by atoms with Gasteiger partial charge in [-0.25, -0.2) is 4.79 Å². The highest BCUT2D eigenvalue weighted by atomic mass is 32.1. The minimum absolute atomic E-state index is 0.113. The maximum atomic E-state index is 12.4. The fourth-order valence-corrected chi connectivity index (χ4v) is 4.74. The van der Waals surface area contributed by atoms with Gasteiger partial charge >= 0.3 is 5.97 Å². The third-order valence-corrected chi connectivity index (χ3v) is 6.18. The average Bonchev–Trinajstić information content (AvgIpc) is 3.34. The Balaban J connectivity index is 1.65. The molecule has 1 fully saturated rings. The summed E-state index contributed by atoms with van der Waals surface area (Å²) in [6.07, 6.45) is 2.24. The van der Waals surface area contributed by atoms with E-state index in [2.05, 4.69) is 5.32 Å². The van der Waals surface area contributed by atoms with E-state index < -0.39 is 0 Å². The van der Waals surface area contributed by atoms with Crippen molar-refractivity contribution in [3.63, 3.8) is 0 Å². The van der Waals surface area contributed by atoms with E-state index in [-0.39, 0.29) is 11.9 Å². The van der Waals surface area contributed by atoms with Gasteiger partial charge in [-0.05, 0) is 43.3 Å². The summed E-state index contributed by atoms with van der Waals surface area (Å²) < 4.78 is 10.1. The Labute approximate surface area is 173 Å². The first kappa shape index (κ1) is 20.3. The zero-order valence-corrected chi connectivity index (χ0v) is 17.7. The number of nitrogens with zero attached hydrogens (tertiary/aromatic N) is 2. The summed E-state index contributed by atoms with van der Waals surface area (Å²) in [5.41, 5.74) is 1.54. The molecule has 9 heteroatoms. The molecule has 0 spiro atoms. The van der Waals surface area contributed by atoms with Gasteiger partial charge in [0, 0.05) is 31.1 Å². The molecule has 1 aliphatic heterocycles. The number of hydrogen-bond acceptors (Lipinski definition) is 6. The average molecular weight is 422 g/mol. The molecule has 3 rings (SSSR count). The number of hydrogen-bond donors (Lipinski definition) is 1. The van der Waals surface area contributed by atoms with E-state index in [1.807, 2.05) is 18.7 Å². The number of rotatable bonds is 4. The highest BCUT2D eigenvalue weighted by molar-refractivity contribution is 7.80. The number of aryl methyl sites for hydroxylation is 1. The van der Waals surface area contributed by atoms with E-state index in [9.17, 15) is 9.59 Å². The first-order chi connectivity index (χ1) is 13.5. The normalized spacial score (nSPS) is 14.1. The zero-order chi connectivity index (χ0) is 20.3. The molecule has 1 amide bonds. The molecule has 1 N–H and O–H groups in total. The molecule has 0 aromatic carbocycles. The molecule has 0 atom stereocenters. The quantitative estimate of drug-likeness (QED) is 0.600. The molecule has 7 nitrogen and oxygen atoms in total. The molecular weight excluding hydrogens is 398 g/mol. The van der Waals surface area contributed by atoms with E-state index in [0.29, 0.717) is 47.6 Å². The molecule has 0 bridgehead atoms. The van der Waals surface area contributed by atoms with Crippen molar-refractivity contribution < 1.29 is 18.7 Å². The van der Waals surface area contributed by atoms with Crippen molar-refractivity contribution in [2.75, 3.05) is 38.6 Å². The summed E-state index contributed by atoms with van der Waals surface area (Å²) in [6, 6.07) is 3.37. The summed E-state index contributed by atoms with van der Waals surface area (Å²) in [5, 5.41) is 4.47. The van der Waals surface area contributed by atoms with E-state index in [0.717, 1.165) is 16.9 Å². The van der Waals surface area contributed by atoms with Crippen LogP contribution in [0.25, 0.3) is 0 Å². The van der Waals surface area contributed by atoms with Crippen LogP contribution in [0.3, 0.4) is 0 Å². The number of esters is 1. The van der Waals surface area contributed by atoms with Crippen molar-refractivity contribution in [3.8, 4) is 0 Å². The van der Waals surface area contributed by atoms with Crippen molar-refractivity contribution in [2.45, 2.75) is 20.3 Å². The molecule has 3 heterocycles. The number of thiophene rings is 1. The molecule has 28 heavy (non-hydrogen) atoms. The van der Waals surface area contributed by atoms with Crippen LogP contribution in [-0.4, -0.2) is 60.1 Å². The van der Waals surface area contributed by atoms with Gasteiger partial charge in [0.25, 0.3) is 5.91 Å². The number of thiocarbonyl (C=S) groups is 1. The van der Waals surface area contributed by atoms with Crippen molar-refractivity contribution in [1.29, 1.82) is 0 Å². The fraction of sp³-hybridized carbons (Fsp3) is 0.421. The molecule has 0 unspecified atom stereocenters. The zero-order valence-electron chi connectivity index (χ0n) is 16.1. The topological polar surface area (TPSA) is 75.0 Å². The van der Waals surface area contributed by atoms with E-state index in [1.165, 1.54) is 24.7 Å². The minimum Gasteiger partial charge on any atom is -0.465 e. The summed E-state index contributed by atoms with van der Waals surface area (Å²) >= 11 is 7.06. The van der Waals surface area contributed by atoms with Gasteiger partial charge in [-0.2, -0.15) is 0 Å². The molecule has 1 aliphatic rings. The van der Waals surface area contributed by atoms with Crippen LogP contribution in [0.4, 0.5) is 5.00 Å². The van der Waals surface area contributed by atoms with Gasteiger partial charge in [0.05, 0.1) is 18.9 Å². The summed E-state index contributed by atoms with van der Waals surface area (Å²) in [6.45, 7) is 6.32. The Morgan fingerprint density at radius 3 is 2.54 bits per heavy atom. The molecule has 150 valence electrons. The van der Waals surface area contributed by atoms with Crippen molar-refractivity contribution in [1.82, 2.24) is 9.80 Å². The van der Waals surface area contributed by atoms with E-state index in [4.69, 9.17) is 21.4 Å². The molecule has 2 aromatic heterocycles. The third kappa shape index (κ3) is 4.05. The standard InChI is InChI=1S/C19H23N3O4S2/c1-4-13-12(2)28-16(15(13)18(24)25-3)20-19(27)22-9-7-21(8-10-22)17(23)14-6-5-11-26-14/h5-6,11H,4,7-10H2,1-3H3,(H,20,27). The minimum atomic E-state index is -0.361. The Bertz CT molecular complexity index is 868. The molecule has 1 saturated heterocycles. The summed E-state index contributed by atoms with van der Waals surface area (Å²) in [5.74, 6) is -0.128. The van der Waals surface area contributed by atoms with Crippen molar-refractivity contribution >= 4 is 45.5 Å². The van der Waals surface area contributed by atoms with Gasteiger partial charge in [0.15, 0.2) is 10.9 Å². The second-order valence-corrected chi connectivity index (χ2v) is 7.98. The lowest BCUT2D eigenvalue weighted by Crippen LogP contribution is -2.51. The van der Waals surface area contributed by atoms with Gasteiger partial charge in [0.1, 0.15) is 5.00 Å². The Morgan fingerprint density at radius 2 is 1.96 bits per heavy atom. The lowest BCUT2D eigenvalue weighted by Gasteiger charge is -2.35. The SMILES string of the molecule is CCc1c(C)sc(NC(=S)N2CCN(C(=O)c3ccco3)CC2)c1C(=O)OC. The molecule has 0 saturated carbocycles. The predicted octanol–water partition coefficient (Wildman–Crippen LogP) is 3.15. The van der Waals surface area contributed by atoms with Crippen LogP contribution in [-0.2, 0) is 11.2 Å². The van der Waals surface area contributed by atoms with Crippen LogP contribution in [0, 0.1) is 6.92 Å². The maximum absolute atomic E-state index is 12.4. The van der Waals surface area contributed by atoms with Crippen LogP contribution < -0.4 is 5.32 Å². The van der Waals surface area contributed by atoms with E-state index >= 15 is 0 Å². The first-order valence-electron chi connectivity index (χ1n) is 9.05. The molecular formula is C19H23N3O4S2. The van der Waals surface area contributed by atoms with Crippen molar-refractivity contribution in [2.24, 2.45) is 0 Å². The Hall–Kier alpha value is -2.39. The van der Waals surface area contributed by atoms with E-state index in [1.54, 1.807) is 17.0 Å². The third-order valence-electron chi connectivity index (χ3n) is 4.76. The number of carbonyl (C=O) groups is 2. The number of piperazine rings is 1.